The van der Waals surface area contributed by atoms with Crippen LogP contribution < -0.4 is 5.32 Å². The van der Waals surface area contributed by atoms with E-state index in [1.807, 2.05) is 30.1 Å². The number of carbonyl (C=O) groups is 1. The lowest BCUT2D eigenvalue weighted by Gasteiger charge is -2.15. The van der Waals surface area contributed by atoms with E-state index >= 15 is 0 Å². The van der Waals surface area contributed by atoms with E-state index in [2.05, 4.69) is 27.6 Å². The SMILES string of the molecule is CCc1nc(CCNC(=O)CN(C)Cc2ccccn2)cs1. The lowest BCUT2D eigenvalue weighted by atomic mass is 10.3. The number of nitrogens with one attached hydrogen (secondary N) is 1. The van der Waals surface area contributed by atoms with E-state index in [-0.39, 0.29) is 5.91 Å². The highest BCUT2D eigenvalue weighted by Gasteiger charge is 2.08. The number of carbonyl (C=O) groups excluding carboxylic acids is 1. The van der Waals surface area contributed by atoms with Gasteiger partial charge in [-0.25, -0.2) is 4.98 Å². The topological polar surface area (TPSA) is 58.1 Å². The summed E-state index contributed by atoms with van der Waals surface area (Å²) in [6.07, 6.45) is 3.52. The first-order valence-corrected chi connectivity index (χ1v) is 8.33. The molecule has 22 heavy (non-hydrogen) atoms. The molecule has 2 rings (SSSR count). The van der Waals surface area contributed by atoms with Crippen molar-refractivity contribution < 1.29 is 4.79 Å². The Morgan fingerprint density at radius 3 is 2.91 bits per heavy atom. The van der Waals surface area contributed by atoms with E-state index in [1.165, 1.54) is 0 Å². The maximum absolute atomic E-state index is 11.9. The molecule has 2 aromatic rings. The van der Waals surface area contributed by atoms with E-state index in [9.17, 15) is 4.79 Å². The van der Waals surface area contributed by atoms with Gasteiger partial charge in [0, 0.05) is 31.1 Å². The van der Waals surface area contributed by atoms with Gasteiger partial charge in [-0.1, -0.05) is 13.0 Å². The predicted octanol–water partition coefficient (Wildman–Crippen LogP) is 1.89. The van der Waals surface area contributed by atoms with E-state index in [4.69, 9.17) is 0 Å². The lowest BCUT2D eigenvalue weighted by Crippen LogP contribution is -2.36. The zero-order valence-corrected chi connectivity index (χ0v) is 13.9. The molecule has 5 nitrogen and oxygen atoms in total. The fourth-order valence-electron chi connectivity index (χ4n) is 2.08. The molecule has 0 radical (unpaired) electrons. The van der Waals surface area contributed by atoms with Gasteiger partial charge in [0.25, 0.3) is 0 Å². The first kappa shape index (κ1) is 16.6. The fraction of sp³-hybridized carbons (Fsp3) is 0.438. The Kier molecular flexibility index (Phi) is 6.48. The molecule has 0 unspecified atom stereocenters. The third-order valence-electron chi connectivity index (χ3n) is 3.18. The van der Waals surface area contributed by atoms with Crippen LogP contribution in [0.4, 0.5) is 0 Å². The quantitative estimate of drug-likeness (QED) is 0.807. The van der Waals surface area contributed by atoms with Crippen LogP contribution in [0.2, 0.25) is 0 Å². The Labute approximate surface area is 135 Å². The minimum atomic E-state index is 0.0318. The molecule has 118 valence electrons. The number of aromatic nitrogens is 2. The Morgan fingerprint density at radius 2 is 2.23 bits per heavy atom. The standard InChI is InChI=1S/C16H22N4OS/c1-3-16-19-14(12-22-16)7-9-18-15(21)11-20(2)10-13-6-4-5-8-17-13/h4-6,8,12H,3,7,9-11H2,1-2H3,(H,18,21). The molecule has 6 heteroatoms. The molecule has 2 aromatic heterocycles. The van der Waals surface area contributed by atoms with Gasteiger partial charge in [-0.3, -0.25) is 14.7 Å². The van der Waals surface area contributed by atoms with Crippen LogP contribution in [0.25, 0.3) is 0 Å². The van der Waals surface area contributed by atoms with Gasteiger partial charge < -0.3 is 5.32 Å². The highest BCUT2D eigenvalue weighted by atomic mass is 32.1. The third kappa shape index (κ3) is 5.54. The van der Waals surface area contributed by atoms with Crippen molar-refractivity contribution in [3.63, 3.8) is 0 Å². The maximum Gasteiger partial charge on any atom is 0.234 e. The average molecular weight is 318 g/mol. The number of likely N-dealkylation sites (N-methyl/N-ethyl adjacent to an activating group) is 1. The van der Waals surface area contributed by atoms with Crippen LogP contribution in [0.5, 0.6) is 0 Å². The maximum atomic E-state index is 11.9. The van der Waals surface area contributed by atoms with Gasteiger partial charge in [-0.15, -0.1) is 11.3 Å². The average Bonchev–Trinajstić information content (AvgIpc) is 2.96. The zero-order chi connectivity index (χ0) is 15.8. The molecular weight excluding hydrogens is 296 g/mol. The molecule has 1 amide bonds. The minimum Gasteiger partial charge on any atom is -0.355 e. The summed E-state index contributed by atoms with van der Waals surface area (Å²) in [6, 6.07) is 5.80. The van der Waals surface area contributed by atoms with E-state index in [0.29, 0.717) is 19.6 Å². The molecule has 0 aromatic carbocycles. The number of hydrogen-bond acceptors (Lipinski definition) is 5. The molecule has 0 saturated heterocycles. The molecular formula is C16H22N4OS. The molecule has 0 aliphatic heterocycles. The number of thiazole rings is 1. The van der Waals surface area contributed by atoms with Gasteiger partial charge >= 0.3 is 0 Å². The molecule has 0 atom stereocenters. The Morgan fingerprint density at radius 1 is 1.36 bits per heavy atom. The van der Waals surface area contributed by atoms with E-state index < -0.39 is 0 Å². The molecule has 0 aliphatic carbocycles. The molecule has 0 saturated carbocycles. The van der Waals surface area contributed by atoms with Gasteiger partial charge in [0.1, 0.15) is 0 Å². The summed E-state index contributed by atoms with van der Waals surface area (Å²) < 4.78 is 0. The van der Waals surface area contributed by atoms with Crippen LogP contribution >= 0.6 is 11.3 Å². The van der Waals surface area contributed by atoms with Crippen molar-refractivity contribution >= 4 is 17.2 Å². The van der Waals surface area contributed by atoms with Crippen molar-refractivity contribution in [3.05, 3.63) is 46.2 Å². The second kappa shape index (κ2) is 8.60. The van der Waals surface area contributed by atoms with Gasteiger partial charge in [-0.05, 0) is 25.6 Å². The third-order valence-corrected chi connectivity index (χ3v) is 4.22. The smallest absolute Gasteiger partial charge is 0.234 e. The first-order chi connectivity index (χ1) is 10.7. The number of amides is 1. The summed E-state index contributed by atoms with van der Waals surface area (Å²) in [5.74, 6) is 0.0318. The van der Waals surface area contributed by atoms with Crippen LogP contribution in [0.15, 0.2) is 29.8 Å². The monoisotopic (exact) mass is 318 g/mol. The zero-order valence-electron chi connectivity index (χ0n) is 13.1. The van der Waals surface area contributed by atoms with Crippen LogP contribution in [0, 0.1) is 0 Å². The second-order valence-corrected chi connectivity index (χ2v) is 6.12. The summed E-state index contributed by atoms with van der Waals surface area (Å²) >= 11 is 1.68. The van der Waals surface area contributed by atoms with Crippen molar-refractivity contribution in [1.82, 2.24) is 20.2 Å². The Hall–Kier alpha value is -1.79. The van der Waals surface area contributed by atoms with Crippen molar-refractivity contribution in [2.24, 2.45) is 0 Å². The normalized spacial score (nSPS) is 10.9. The molecule has 0 spiro atoms. The van der Waals surface area contributed by atoms with Crippen LogP contribution in [0.3, 0.4) is 0 Å². The summed E-state index contributed by atoms with van der Waals surface area (Å²) in [7, 11) is 1.92. The Bertz CT molecular complexity index is 585. The van der Waals surface area contributed by atoms with Crippen LogP contribution in [-0.4, -0.2) is 40.9 Å². The second-order valence-electron chi connectivity index (χ2n) is 5.18. The van der Waals surface area contributed by atoms with E-state index in [1.54, 1.807) is 17.5 Å². The lowest BCUT2D eigenvalue weighted by molar-refractivity contribution is -0.122. The van der Waals surface area contributed by atoms with Crippen molar-refractivity contribution in [2.45, 2.75) is 26.3 Å². The van der Waals surface area contributed by atoms with Crippen molar-refractivity contribution in [3.8, 4) is 0 Å². The molecule has 0 fully saturated rings. The van der Waals surface area contributed by atoms with E-state index in [0.717, 1.165) is 29.2 Å². The Balaban J connectivity index is 1.66. The summed E-state index contributed by atoms with van der Waals surface area (Å²) in [5.41, 5.74) is 2.02. The number of pyridine rings is 1. The van der Waals surface area contributed by atoms with Crippen molar-refractivity contribution in [1.29, 1.82) is 0 Å². The van der Waals surface area contributed by atoms with Crippen molar-refractivity contribution in [2.75, 3.05) is 20.1 Å². The first-order valence-electron chi connectivity index (χ1n) is 7.45. The summed E-state index contributed by atoms with van der Waals surface area (Å²) in [5, 5.41) is 6.16. The number of aryl methyl sites for hydroxylation is 1. The number of rotatable bonds is 8. The highest BCUT2D eigenvalue weighted by Crippen LogP contribution is 2.10. The predicted molar refractivity (Wildman–Crippen MR) is 88.8 cm³/mol. The summed E-state index contributed by atoms with van der Waals surface area (Å²) in [4.78, 5) is 22.6. The van der Waals surface area contributed by atoms with Gasteiger partial charge in [0.15, 0.2) is 0 Å². The fourth-order valence-corrected chi connectivity index (χ4v) is 2.86. The van der Waals surface area contributed by atoms with Gasteiger partial charge in [0.05, 0.1) is 22.9 Å². The highest BCUT2D eigenvalue weighted by molar-refractivity contribution is 7.09. The largest absolute Gasteiger partial charge is 0.355 e. The van der Waals surface area contributed by atoms with Gasteiger partial charge in [0.2, 0.25) is 5.91 Å². The number of hydrogen-bond donors (Lipinski definition) is 1. The molecule has 0 bridgehead atoms. The molecule has 0 aliphatic rings. The number of nitrogens with zero attached hydrogens (tertiary/aromatic N) is 3. The molecule has 1 N–H and O–H groups in total. The van der Waals surface area contributed by atoms with Gasteiger partial charge in [-0.2, -0.15) is 0 Å². The van der Waals surface area contributed by atoms with Crippen LogP contribution in [-0.2, 0) is 24.2 Å². The van der Waals surface area contributed by atoms with Crippen LogP contribution in [0.1, 0.15) is 23.3 Å². The minimum absolute atomic E-state index is 0.0318. The molecule has 2 heterocycles. The summed E-state index contributed by atoms with van der Waals surface area (Å²) in [6.45, 7) is 3.76.